The Labute approximate surface area is 189 Å². The maximum atomic E-state index is 14.8. The number of H-pyrrole nitrogens is 1. The molecule has 0 radical (unpaired) electrons. The number of fused-ring (bicyclic) bond motifs is 1. The van der Waals surface area contributed by atoms with Crippen molar-refractivity contribution in [3.63, 3.8) is 0 Å². The van der Waals surface area contributed by atoms with E-state index in [4.69, 9.17) is 0 Å². The predicted octanol–water partition coefficient (Wildman–Crippen LogP) is 4.61. The molecule has 166 valence electrons. The second-order valence-corrected chi connectivity index (χ2v) is 8.63. The van der Waals surface area contributed by atoms with Gasteiger partial charge in [0, 0.05) is 28.1 Å². The van der Waals surface area contributed by atoms with E-state index < -0.39 is 5.82 Å². The third kappa shape index (κ3) is 3.80. The minimum Gasteiger partial charge on any atom is -0.349 e. The van der Waals surface area contributed by atoms with Crippen LogP contribution in [-0.4, -0.2) is 27.1 Å². The Bertz CT molecular complexity index is 1490. The summed E-state index contributed by atoms with van der Waals surface area (Å²) in [5.74, 6) is -0.864. The van der Waals surface area contributed by atoms with E-state index in [1.807, 2.05) is 38.1 Å². The Morgan fingerprint density at radius 2 is 1.79 bits per heavy atom. The normalized spacial score (nSPS) is 13.3. The van der Waals surface area contributed by atoms with Crippen molar-refractivity contribution in [1.82, 2.24) is 20.5 Å². The van der Waals surface area contributed by atoms with Crippen LogP contribution in [0, 0.1) is 26.6 Å². The fraction of sp³-hybridized carbons (Fsp3) is 0.231. The zero-order valence-corrected chi connectivity index (χ0v) is 18.6. The second-order valence-electron chi connectivity index (χ2n) is 8.63. The van der Waals surface area contributed by atoms with Crippen LogP contribution >= 0.6 is 0 Å². The summed E-state index contributed by atoms with van der Waals surface area (Å²) in [5.41, 5.74) is 4.47. The first-order valence-electron chi connectivity index (χ1n) is 10.9. The van der Waals surface area contributed by atoms with Gasteiger partial charge in [0.1, 0.15) is 11.5 Å². The van der Waals surface area contributed by atoms with E-state index in [0.29, 0.717) is 33.4 Å². The molecule has 1 fully saturated rings. The maximum Gasteiger partial charge on any atom is 0.256 e. The third-order valence-electron chi connectivity index (χ3n) is 6.18. The number of carbonyl (C=O) groups excluding carboxylic acids is 1. The van der Waals surface area contributed by atoms with Crippen molar-refractivity contribution in [1.29, 1.82) is 0 Å². The van der Waals surface area contributed by atoms with Gasteiger partial charge < -0.3 is 10.3 Å². The first-order valence-corrected chi connectivity index (χ1v) is 10.9. The lowest BCUT2D eigenvalue weighted by Crippen LogP contribution is -2.25. The van der Waals surface area contributed by atoms with Crippen LogP contribution in [0.15, 0.2) is 47.3 Å². The molecule has 33 heavy (non-hydrogen) atoms. The molecule has 0 aliphatic heterocycles. The van der Waals surface area contributed by atoms with Crippen molar-refractivity contribution in [3.8, 4) is 22.4 Å². The summed E-state index contributed by atoms with van der Waals surface area (Å²) in [6, 6.07) is 12.4. The highest BCUT2D eigenvalue weighted by atomic mass is 19.1. The summed E-state index contributed by atoms with van der Waals surface area (Å²) in [4.78, 5) is 28.7. The average Bonchev–Trinajstić information content (AvgIpc) is 3.60. The van der Waals surface area contributed by atoms with E-state index in [-0.39, 0.29) is 28.6 Å². The van der Waals surface area contributed by atoms with Gasteiger partial charge >= 0.3 is 0 Å². The second kappa shape index (κ2) is 7.92. The van der Waals surface area contributed by atoms with Gasteiger partial charge in [-0.3, -0.25) is 9.59 Å². The Morgan fingerprint density at radius 1 is 1.03 bits per heavy atom. The molecule has 0 saturated heterocycles. The molecule has 2 heterocycles. The number of amides is 1. The number of aromatic nitrogens is 3. The zero-order chi connectivity index (χ0) is 23.3. The number of nitrogens with one attached hydrogen (secondary N) is 2. The molecule has 1 saturated carbocycles. The van der Waals surface area contributed by atoms with E-state index in [9.17, 15) is 14.0 Å². The quantitative estimate of drug-likeness (QED) is 0.483. The Kier molecular flexibility index (Phi) is 5.04. The summed E-state index contributed by atoms with van der Waals surface area (Å²) in [7, 11) is 0. The molecule has 0 unspecified atom stereocenters. The molecule has 0 atom stereocenters. The van der Waals surface area contributed by atoms with E-state index in [2.05, 4.69) is 20.5 Å². The number of aryl methyl sites for hydroxylation is 2. The van der Waals surface area contributed by atoms with Gasteiger partial charge in [0.25, 0.3) is 11.5 Å². The number of rotatable bonds is 4. The SMILES string of the molecule is Cc1ccccc1-c1nnc(C)c2cc(-c3cc(C(=O)NC4CC4)cc(F)c3C)c(=O)[nH]c12. The molecule has 1 aliphatic rings. The molecule has 0 spiro atoms. The lowest BCUT2D eigenvalue weighted by molar-refractivity contribution is 0.0950. The zero-order valence-electron chi connectivity index (χ0n) is 18.6. The van der Waals surface area contributed by atoms with E-state index in [0.717, 1.165) is 24.0 Å². The van der Waals surface area contributed by atoms with Crippen LogP contribution in [0.25, 0.3) is 33.3 Å². The lowest BCUT2D eigenvalue weighted by atomic mass is 9.96. The summed E-state index contributed by atoms with van der Waals surface area (Å²) < 4.78 is 14.8. The summed E-state index contributed by atoms with van der Waals surface area (Å²) >= 11 is 0. The molecule has 7 heteroatoms. The molecule has 5 rings (SSSR count). The molecule has 4 aromatic rings. The largest absolute Gasteiger partial charge is 0.349 e. The van der Waals surface area contributed by atoms with Gasteiger partial charge in [-0.2, -0.15) is 5.10 Å². The smallest absolute Gasteiger partial charge is 0.256 e. The van der Waals surface area contributed by atoms with Crippen molar-refractivity contribution < 1.29 is 9.18 Å². The van der Waals surface area contributed by atoms with Gasteiger partial charge in [-0.05, 0) is 68.5 Å². The van der Waals surface area contributed by atoms with Crippen LogP contribution in [0.1, 0.15) is 40.0 Å². The Balaban J connectivity index is 1.70. The van der Waals surface area contributed by atoms with Gasteiger partial charge in [-0.15, -0.1) is 5.10 Å². The molecule has 1 aliphatic carbocycles. The van der Waals surface area contributed by atoms with Crippen LogP contribution in [0.5, 0.6) is 0 Å². The van der Waals surface area contributed by atoms with Crippen LogP contribution in [-0.2, 0) is 0 Å². The highest BCUT2D eigenvalue weighted by Crippen LogP contribution is 2.31. The average molecular weight is 442 g/mol. The number of halogens is 1. The number of nitrogens with zero attached hydrogens (tertiary/aromatic N) is 2. The van der Waals surface area contributed by atoms with Crippen LogP contribution < -0.4 is 10.9 Å². The standard InChI is InChI=1S/C26H23FN4O2/c1-13-6-4-5-7-18(13)24-23-20(15(3)30-31-24)12-21(26(33)29-23)19-10-16(11-22(27)14(19)2)25(32)28-17-8-9-17/h4-7,10-12,17H,8-9H2,1-3H3,(H,28,32)(H,29,33). The molecule has 0 bridgehead atoms. The first-order chi connectivity index (χ1) is 15.8. The molecular formula is C26H23FN4O2. The lowest BCUT2D eigenvalue weighted by Gasteiger charge is -2.13. The van der Waals surface area contributed by atoms with Crippen molar-refractivity contribution in [2.45, 2.75) is 39.7 Å². The van der Waals surface area contributed by atoms with Crippen molar-refractivity contribution in [2.24, 2.45) is 0 Å². The monoisotopic (exact) mass is 442 g/mol. The van der Waals surface area contributed by atoms with Crippen molar-refractivity contribution >= 4 is 16.8 Å². The molecular weight excluding hydrogens is 419 g/mol. The molecule has 2 aromatic carbocycles. The third-order valence-corrected chi connectivity index (χ3v) is 6.18. The molecule has 2 N–H and O–H groups in total. The minimum absolute atomic E-state index is 0.149. The highest BCUT2D eigenvalue weighted by molar-refractivity contribution is 5.98. The number of hydrogen-bond acceptors (Lipinski definition) is 4. The topological polar surface area (TPSA) is 87.7 Å². The van der Waals surface area contributed by atoms with E-state index in [1.165, 1.54) is 6.07 Å². The van der Waals surface area contributed by atoms with Gasteiger partial charge in [-0.25, -0.2) is 4.39 Å². The Morgan fingerprint density at radius 3 is 2.52 bits per heavy atom. The van der Waals surface area contributed by atoms with Gasteiger partial charge in [0.2, 0.25) is 0 Å². The molecule has 1 amide bonds. The molecule has 6 nitrogen and oxygen atoms in total. The fourth-order valence-corrected chi connectivity index (χ4v) is 4.04. The summed E-state index contributed by atoms with van der Waals surface area (Å²) in [6.07, 6.45) is 1.86. The number of carbonyl (C=O) groups is 1. The number of pyridine rings is 1. The number of aromatic amines is 1. The fourth-order valence-electron chi connectivity index (χ4n) is 4.04. The number of hydrogen-bond donors (Lipinski definition) is 2. The highest BCUT2D eigenvalue weighted by Gasteiger charge is 2.25. The predicted molar refractivity (Wildman–Crippen MR) is 126 cm³/mol. The minimum atomic E-state index is -0.530. The van der Waals surface area contributed by atoms with Crippen molar-refractivity contribution in [3.05, 3.63) is 81.0 Å². The Hall–Kier alpha value is -3.87. The van der Waals surface area contributed by atoms with Crippen molar-refractivity contribution in [2.75, 3.05) is 0 Å². The summed E-state index contributed by atoms with van der Waals surface area (Å²) in [6.45, 7) is 5.39. The first kappa shape index (κ1) is 21.0. The van der Waals surface area contributed by atoms with Gasteiger partial charge in [0.05, 0.1) is 11.2 Å². The summed E-state index contributed by atoms with van der Waals surface area (Å²) in [5, 5.41) is 12.2. The van der Waals surface area contributed by atoms with Gasteiger partial charge in [0.15, 0.2) is 0 Å². The van der Waals surface area contributed by atoms with Crippen LogP contribution in [0.4, 0.5) is 4.39 Å². The van der Waals surface area contributed by atoms with Gasteiger partial charge in [-0.1, -0.05) is 24.3 Å². The van der Waals surface area contributed by atoms with Crippen LogP contribution in [0.3, 0.4) is 0 Å². The van der Waals surface area contributed by atoms with E-state index in [1.54, 1.807) is 19.1 Å². The maximum absolute atomic E-state index is 14.8. The number of benzene rings is 2. The van der Waals surface area contributed by atoms with E-state index >= 15 is 0 Å². The molecule has 2 aromatic heterocycles. The van der Waals surface area contributed by atoms with Crippen LogP contribution in [0.2, 0.25) is 0 Å².